The summed E-state index contributed by atoms with van der Waals surface area (Å²) in [5.74, 6) is -1.55. The van der Waals surface area contributed by atoms with E-state index in [4.69, 9.17) is 0 Å². The van der Waals surface area contributed by atoms with Gasteiger partial charge in [0, 0.05) is 28.8 Å². The van der Waals surface area contributed by atoms with Gasteiger partial charge in [0.25, 0.3) is 0 Å². The highest BCUT2D eigenvalue weighted by molar-refractivity contribution is 6.05. The molecule has 2 amide bonds. The number of carbonyl (C=O) groups is 2. The first-order chi connectivity index (χ1) is 18.4. The van der Waals surface area contributed by atoms with Crippen LogP contribution in [0.5, 0.6) is 0 Å². The second-order valence-electron chi connectivity index (χ2n) is 10.3. The van der Waals surface area contributed by atoms with Crippen molar-refractivity contribution in [1.82, 2.24) is 10.3 Å². The summed E-state index contributed by atoms with van der Waals surface area (Å²) in [5, 5.41) is 4.19. The Labute approximate surface area is 223 Å². The minimum atomic E-state index is -0.944. The minimum Gasteiger partial charge on any atom is -0.361 e. The summed E-state index contributed by atoms with van der Waals surface area (Å²) in [6.07, 6.45) is 7.01. The molecule has 2 unspecified atom stereocenters. The van der Waals surface area contributed by atoms with Crippen molar-refractivity contribution in [3.8, 4) is 0 Å². The van der Waals surface area contributed by atoms with Crippen LogP contribution in [-0.4, -0.2) is 22.8 Å². The van der Waals surface area contributed by atoms with Gasteiger partial charge in [0.2, 0.25) is 11.8 Å². The van der Waals surface area contributed by atoms with E-state index < -0.39 is 17.8 Å². The molecule has 196 valence electrons. The van der Waals surface area contributed by atoms with Crippen molar-refractivity contribution in [2.45, 2.75) is 64.0 Å². The summed E-state index contributed by atoms with van der Waals surface area (Å²) in [6.45, 7) is 3.78. The maximum Gasteiger partial charge on any atom is 0.248 e. The summed E-state index contributed by atoms with van der Waals surface area (Å²) < 4.78 is 14.5. The lowest BCUT2D eigenvalue weighted by Crippen LogP contribution is -2.48. The third-order valence-electron chi connectivity index (χ3n) is 7.72. The summed E-state index contributed by atoms with van der Waals surface area (Å²) in [7, 11) is 0. The molecule has 2 atom stereocenters. The molecule has 2 N–H and O–H groups in total. The number of aromatic amines is 1. The second-order valence-corrected chi connectivity index (χ2v) is 10.3. The fourth-order valence-electron chi connectivity index (χ4n) is 5.64. The topological polar surface area (TPSA) is 65.2 Å². The predicted octanol–water partition coefficient (Wildman–Crippen LogP) is 6.94. The quantitative estimate of drug-likeness (QED) is 0.282. The van der Waals surface area contributed by atoms with Gasteiger partial charge in [0.15, 0.2) is 0 Å². The molecule has 0 aliphatic heterocycles. The van der Waals surface area contributed by atoms with Crippen LogP contribution in [0.4, 0.5) is 10.1 Å². The Morgan fingerprint density at radius 2 is 1.68 bits per heavy atom. The molecule has 0 spiro atoms. The van der Waals surface area contributed by atoms with Gasteiger partial charge in [-0.15, -0.1) is 0 Å². The van der Waals surface area contributed by atoms with Crippen LogP contribution in [0, 0.1) is 12.7 Å². The number of amides is 2. The van der Waals surface area contributed by atoms with Crippen LogP contribution < -0.4 is 10.2 Å². The zero-order chi connectivity index (χ0) is 26.6. The van der Waals surface area contributed by atoms with E-state index in [0.29, 0.717) is 5.69 Å². The van der Waals surface area contributed by atoms with E-state index in [-0.39, 0.29) is 17.9 Å². The van der Waals surface area contributed by atoms with Gasteiger partial charge in [-0.25, -0.2) is 4.39 Å². The number of fused-ring (bicyclic) bond motifs is 1. The fourth-order valence-corrected chi connectivity index (χ4v) is 5.64. The van der Waals surface area contributed by atoms with Crippen LogP contribution >= 0.6 is 0 Å². The monoisotopic (exact) mass is 511 g/mol. The van der Waals surface area contributed by atoms with Crippen molar-refractivity contribution in [2.75, 3.05) is 4.90 Å². The van der Waals surface area contributed by atoms with Crippen LogP contribution in [0.1, 0.15) is 67.7 Å². The van der Waals surface area contributed by atoms with E-state index in [9.17, 15) is 14.0 Å². The Bertz CT molecular complexity index is 1440. The number of nitrogens with zero attached hydrogens (tertiary/aromatic N) is 1. The van der Waals surface area contributed by atoms with E-state index in [1.54, 1.807) is 12.1 Å². The maximum atomic E-state index is 14.5. The lowest BCUT2D eigenvalue weighted by atomic mass is 9.92. The van der Waals surface area contributed by atoms with Gasteiger partial charge < -0.3 is 10.3 Å². The molecule has 1 aliphatic carbocycles. The number of H-pyrrole nitrogens is 1. The Balaban J connectivity index is 1.61. The van der Waals surface area contributed by atoms with Crippen molar-refractivity contribution in [2.24, 2.45) is 0 Å². The molecule has 0 radical (unpaired) electrons. The van der Waals surface area contributed by atoms with Crippen molar-refractivity contribution in [1.29, 1.82) is 0 Å². The SMILES string of the molecule is Cc1ccccc1C(C(=O)NC1CCCCC1)N(C(=O)C(C)c1c[nH]c2ccccc12)c1cccc(F)c1. The maximum absolute atomic E-state index is 14.5. The highest BCUT2D eigenvalue weighted by Gasteiger charge is 2.37. The third-order valence-corrected chi connectivity index (χ3v) is 7.72. The number of hydrogen-bond donors (Lipinski definition) is 2. The van der Waals surface area contributed by atoms with Crippen LogP contribution in [0.2, 0.25) is 0 Å². The molecule has 4 aromatic rings. The molecule has 5 rings (SSSR count). The zero-order valence-electron chi connectivity index (χ0n) is 21.9. The molecule has 38 heavy (non-hydrogen) atoms. The standard InChI is InChI=1S/C32H34FN3O2/c1-21-11-6-7-16-26(21)30(31(37)35-24-13-4-3-5-14-24)36(25-15-10-12-23(33)19-25)32(38)22(2)28-20-34-29-18-9-8-17-27(28)29/h6-12,15-20,22,24,30,34H,3-5,13-14H2,1-2H3,(H,35,37). The van der Waals surface area contributed by atoms with Gasteiger partial charge in [0.1, 0.15) is 11.9 Å². The molecule has 0 saturated heterocycles. The second kappa shape index (κ2) is 11.2. The number of nitrogens with one attached hydrogen (secondary N) is 2. The Kier molecular flexibility index (Phi) is 7.59. The highest BCUT2D eigenvalue weighted by atomic mass is 19.1. The number of benzene rings is 3. The average molecular weight is 512 g/mol. The van der Waals surface area contributed by atoms with Crippen molar-refractivity contribution < 1.29 is 14.0 Å². The summed E-state index contributed by atoms with van der Waals surface area (Å²) in [5.41, 5.74) is 3.75. The lowest BCUT2D eigenvalue weighted by molar-refractivity contribution is -0.127. The number of halogens is 1. The van der Waals surface area contributed by atoms with E-state index in [1.165, 1.54) is 23.5 Å². The van der Waals surface area contributed by atoms with Gasteiger partial charge in [-0.3, -0.25) is 14.5 Å². The molecule has 1 heterocycles. The first-order valence-electron chi connectivity index (χ1n) is 13.4. The normalized spacial score (nSPS) is 15.7. The summed E-state index contributed by atoms with van der Waals surface area (Å²) in [6, 6.07) is 20.5. The average Bonchev–Trinajstić information content (AvgIpc) is 3.36. The number of carbonyl (C=O) groups excluding carboxylic acids is 2. The van der Waals surface area contributed by atoms with Crippen LogP contribution in [0.25, 0.3) is 10.9 Å². The van der Waals surface area contributed by atoms with Crippen LogP contribution in [-0.2, 0) is 9.59 Å². The molecular formula is C32H34FN3O2. The molecule has 1 fully saturated rings. The van der Waals surface area contributed by atoms with Gasteiger partial charge in [-0.1, -0.05) is 67.8 Å². The molecule has 3 aromatic carbocycles. The largest absolute Gasteiger partial charge is 0.361 e. The third kappa shape index (κ3) is 5.21. The molecule has 1 aromatic heterocycles. The summed E-state index contributed by atoms with van der Waals surface area (Å²) in [4.78, 5) is 33.3. The Morgan fingerprint density at radius 3 is 2.45 bits per heavy atom. The number of anilines is 1. The van der Waals surface area contributed by atoms with Crippen molar-refractivity contribution >= 4 is 28.4 Å². The molecule has 1 saturated carbocycles. The van der Waals surface area contributed by atoms with Crippen LogP contribution in [0.15, 0.2) is 79.0 Å². The molecule has 5 nitrogen and oxygen atoms in total. The first kappa shape index (κ1) is 25.7. The summed E-state index contributed by atoms with van der Waals surface area (Å²) >= 11 is 0. The van der Waals surface area contributed by atoms with E-state index in [2.05, 4.69) is 10.3 Å². The smallest absolute Gasteiger partial charge is 0.248 e. The van der Waals surface area contributed by atoms with Crippen molar-refractivity contribution in [3.05, 3.63) is 102 Å². The van der Waals surface area contributed by atoms with E-state index in [1.807, 2.05) is 68.6 Å². The van der Waals surface area contributed by atoms with Gasteiger partial charge in [-0.2, -0.15) is 0 Å². The fraction of sp³-hybridized carbons (Fsp3) is 0.312. The number of para-hydroxylation sites is 1. The number of hydrogen-bond acceptors (Lipinski definition) is 2. The Hall–Kier alpha value is -3.93. The first-order valence-corrected chi connectivity index (χ1v) is 13.4. The molecule has 1 aliphatic rings. The minimum absolute atomic E-state index is 0.0678. The van der Waals surface area contributed by atoms with Gasteiger partial charge >= 0.3 is 0 Å². The molecule has 6 heteroatoms. The van der Waals surface area contributed by atoms with Gasteiger partial charge in [-0.05, 0) is 67.6 Å². The van der Waals surface area contributed by atoms with Crippen molar-refractivity contribution in [3.63, 3.8) is 0 Å². The zero-order valence-corrected chi connectivity index (χ0v) is 21.9. The van der Waals surface area contributed by atoms with Gasteiger partial charge in [0.05, 0.1) is 5.92 Å². The highest BCUT2D eigenvalue weighted by Crippen LogP contribution is 2.35. The molecule has 0 bridgehead atoms. The van der Waals surface area contributed by atoms with Crippen LogP contribution in [0.3, 0.4) is 0 Å². The van der Waals surface area contributed by atoms with E-state index in [0.717, 1.165) is 53.3 Å². The number of aromatic nitrogens is 1. The molecular weight excluding hydrogens is 477 g/mol. The number of aryl methyl sites for hydroxylation is 1. The lowest BCUT2D eigenvalue weighted by Gasteiger charge is -2.35. The number of rotatable bonds is 7. The Morgan fingerprint density at radius 1 is 0.947 bits per heavy atom. The predicted molar refractivity (Wildman–Crippen MR) is 150 cm³/mol. The van der Waals surface area contributed by atoms with E-state index >= 15 is 0 Å².